The fourth-order valence-corrected chi connectivity index (χ4v) is 1.08. The van der Waals surface area contributed by atoms with Crippen LogP contribution in [-0.4, -0.2) is 11.1 Å². The van der Waals surface area contributed by atoms with E-state index in [1.165, 1.54) is 0 Å². The Bertz CT molecular complexity index is 193. The van der Waals surface area contributed by atoms with Crippen molar-refractivity contribution in [3.63, 3.8) is 0 Å². The molecule has 2 atom stereocenters. The number of carboxylic acid groups (broad SMARTS) is 1. The van der Waals surface area contributed by atoms with E-state index in [1.807, 2.05) is 0 Å². The van der Waals surface area contributed by atoms with Gasteiger partial charge in [-0.25, -0.2) is 0 Å². The Balaban J connectivity index is 2.74. The molecular formula is C6H7O2P. The quantitative estimate of drug-likeness (QED) is 0.555. The molecule has 3 heteroatoms. The topological polar surface area (TPSA) is 37.3 Å². The van der Waals surface area contributed by atoms with Crippen LogP contribution in [0, 0.1) is 5.92 Å². The van der Waals surface area contributed by atoms with Crippen molar-refractivity contribution in [1.82, 2.24) is 0 Å². The molecule has 0 radical (unpaired) electrons. The Morgan fingerprint density at radius 1 is 1.78 bits per heavy atom. The molecule has 0 amide bonds. The maximum absolute atomic E-state index is 10.3. The zero-order valence-electron chi connectivity index (χ0n) is 4.74. The molecule has 1 aliphatic rings. The summed E-state index contributed by atoms with van der Waals surface area (Å²) < 4.78 is 0. The standard InChI is InChI=1S/C6H7O2P/c7-6(8)4-2-1-3-5(4)9/h1-4H,9H2,(H,7,8)/t4-/m1/s1. The molecule has 0 saturated carbocycles. The number of hydrogen-bond acceptors (Lipinski definition) is 1. The van der Waals surface area contributed by atoms with Crippen LogP contribution in [0.5, 0.6) is 0 Å². The predicted molar refractivity (Wildman–Crippen MR) is 38.1 cm³/mol. The zero-order chi connectivity index (χ0) is 6.85. The summed E-state index contributed by atoms with van der Waals surface area (Å²) in [6.45, 7) is 0. The van der Waals surface area contributed by atoms with Crippen LogP contribution in [0.25, 0.3) is 0 Å². The fraction of sp³-hybridized carbons (Fsp3) is 0.167. The molecule has 1 aliphatic carbocycles. The van der Waals surface area contributed by atoms with Crippen molar-refractivity contribution in [2.24, 2.45) is 5.92 Å². The van der Waals surface area contributed by atoms with Crippen molar-refractivity contribution in [3.05, 3.63) is 23.5 Å². The van der Waals surface area contributed by atoms with E-state index in [1.54, 1.807) is 18.2 Å². The number of allylic oxidation sites excluding steroid dienone is 2. The van der Waals surface area contributed by atoms with Crippen molar-refractivity contribution in [2.45, 2.75) is 0 Å². The van der Waals surface area contributed by atoms with Crippen molar-refractivity contribution >= 4 is 15.2 Å². The Labute approximate surface area is 55.5 Å². The summed E-state index contributed by atoms with van der Waals surface area (Å²) in [5, 5.41) is 9.30. The lowest BCUT2D eigenvalue weighted by molar-refractivity contribution is -0.138. The van der Waals surface area contributed by atoms with Gasteiger partial charge in [-0.3, -0.25) is 4.79 Å². The number of hydrogen-bond donors (Lipinski definition) is 1. The van der Waals surface area contributed by atoms with Gasteiger partial charge in [0.2, 0.25) is 0 Å². The smallest absolute Gasteiger partial charge is 0.314 e. The van der Waals surface area contributed by atoms with Crippen molar-refractivity contribution < 1.29 is 9.90 Å². The van der Waals surface area contributed by atoms with Crippen molar-refractivity contribution in [2.75, 3.05) is 0 Å². The van der Waals surface area contributed by atoms with Crippen LogP contribution in [0.15, 0.2) is 23.5 Å². The molecule has 0 aromatic heterocycles. The summed E-state index contributed by atoms with van der Waals surface area (Å²) >= 11 is 0. The van der Waals surface area contributed by atoms with Crippen molar-refractivity contribution in [1.29, 1.82) is 0 Å². The van der Waals surface area contributed by atoms with Crippen LogP contribution in [0.1, 0.15) is 0 Å². The summed E-state index contributed by atoms with van der Waals surface area (Å²) in [6, 6.07) is 0. The Kier molecular flexibility index (Phi) is 1.68. The van der Waals surface area contributed by atoms with E-state index in [0.29, 0.717) is 0 Å². The summed E-state index contributed by atoms with van der Waals surface area (Å²) in [7, 11) is 2.40. The molecule has 0 fully saturated rings. The van der Waals surface area contributed by atoms with Crippen molar-refractivity contribution in [3.8, 4) is 0 Å². The van der Waals surface area contributed by atoms with Gasteiger partial charge in [0.15, 0.2) is 0 Å². The van der Waals surface area contributed by atoms with Gasteiger partial charge in [0.05, 0.1) is 5.92 Å². The molecule has 2 nitrogen and oxygen atoms in total. The Morgan fingerprint density at radius 3 is 2.67 bits per heavy atom. The summed E-state index contributed by atoms with van der Waals surface area (Å²) in [5.74, 6) is -1.19. The molecule has 0 heterocycles. The minimum absolute atomic E-state index is 0.407. The highest BCUT2D eigenvalue weighted by Gasteiger charge is 2.17. The van der Waals surface area contributed by atoms with Gasteiger partial charge in [0.1, 0.15) is 0 Å². The third-order valence-corrected chi connectivity index (χ3v) is 1.77. The minimum Gasteiger partial charge on any atom is -0.481 e. The molecule has 1 rings (SSSR count). The van der Waals surface area contributed by atoms with Gasteiger partial charge in [-0.05, 0) is 5.31 Å². The summed E-state index contributed by atoms with van der Waals surface area (Å²) in [5.41, 5.74) is 0. The molecule has 48 valence electrons. The fourth-order valence-electron chi connectivity index (χ4n) is 0.717. The second-order valence-electron chi connectivity index (χ2n) is 1.87. The number of aliphatic carboxylic acids is 1. The molecule has 0 aliphatic heterocycles. The summed E-state index contributed by atoms with van der Waals surface area (Å²) in [4.78, 5) is 10.3. The van der Waals surface area contributed by atoms with E-state index >= 15 is 0 Å². The van der Waals surface area contributed by atoms with Crippen LogP contribution in [-0.2, 0) is 4.79 Å². The highest BCUT2D eigenvalue weighted by Crippen LogP contribution is 2.24. The maximum atomic E-state index is 10.3. The van der Waals surface area contributed by atoms with Crippen LogP contribution in [0.4, 0.5) is 0 Å². The Hall–Kier alpha value is -0.620. The second-order valence-corrected chi connectivity index (χ2v) is 2.53. The maximum Gasteiger partial charge on any atom is 0.314 e. The zero-order valence-corrected chi connectivity index (χ0v) is 5.90. The lowest BCUT2D eigenvalue weighted by Gasteiger charge is -2.00. The average molecular weight is 142 g/mol. The molecule has 1 unspecified atom stereocenters. The van der Waals surface area contributed by atoms with Crippen LogP contribution in [0.3, 0.4) is 0 Å². The van der Waals surface area contributed by atoms with E-state index in [4.69, 9.17) is 5.11 Å². The molecule has 0 spiro atoms. The van der Waals surface area contributed by atoms with Gasteiger partial charge in [0.25, 0.3) is 0 Å². The number of rotatable bonds is 1. The third kappa shape index (κ3) is 1.19. The van der Waals surface area contributed by atoms with E-state index in [-0.39, 0.29) is 0 Å². The second kappa shape index (κ2) is 2.32. The molecule has 0 bridgehead atoms. The van der Waals surface area contributed by atoms with E-state index < -0.39 is 11.9 Å². The van der Waals surface area contributed by atoms with E-state index in [2.05, 4.69) is 9.24 Å². The first-order valence-electron chi connectivity index (χ1n) is 2.58. The highest BCUT2D eigenvalue weighted by atomic mass is 31.0. The van der Waals surface area contributed by atoms with E-state index in [0.717, 1.165) is 5.31 Å². The lowest BCUT2D eigenvalue weighted by Crippen LogP contribution is -2.08. The average Bonchev–Trinajstić information content (AvgIpc) is 2.13. The van der Waals surface area contributed by atoms with Gasteiger partial charge < -0.3 is 5.11 Å². The molecule has 0 aromatic rings. The minimum atomic E-state index is -0.787. The molecule has 0 aromatic carbocycles. The number of carboxylic acids is 1. The van der Waals surface area contributed by atoms with Gasteiger partial charge in [-0.15, -0.1) is 9.24 Å². The van der Waals surface area contributed by atoms with Crippen LogP contribution < -0.4 is 0 Å². The van der Waals surface area contributed by atoms with Crippen LogP contribution in [0.2, 0.25) is 0 Å². The largest absolute Gasteiger partial charge is 0.481 e. The molecule has 9 heavy (non-hydrogen) atoms. The van der Waals surface area contributed by atoms with E-state index in [9.17, 15) is 4.79 Å². The Morgan fingerprint density at radius 2 is 2.44 bits per heavy atom. The molecular weight excluding hydrogens is 135 g/mol. The van der Waals surface area contributed by atoms with Crippen LogP contribution >= 0.6 is 9.24 Å². The third-order valence-electron chi connectivity index (χ3n) is 1.22. The van der Waals surface area contributed by atoms with Gasteiger partial charge in [0, 0.05) is 0 Å². The van der Waals surface area contributed by atoms with Gasteiger partial charge in [-0.1, -0.05) is 18.2 Å². The van der Waals surface area contributed by atoms with Gasteiger partial charge in [-0.2, -0.15) is 0 Å². The normalized spacial score (nSPS) is 24.1. The molecule has 1 N–H and O–H groups in total. The monoisotopic (exact) mass is 142 g/mol. The highest BCUT2D eigenvalue weighted by molar-refractivity contribution is 7.22. The predicted octanol–water partition coefficient (Wildman–Crippen LogP) is 1.02. The summed E-state index contributed by atoms with van der Waals surface area (Å²) in [6.07, 6.45) is 5.19. The first-order chi connectivity index (χ1) is 4.22. The first kappa shape index (κ1) is 6.50. The first-order valence-corrected chi connectivity index (χ1v) is 3.16. The SMILES string of the molecule is O=C(O)[C@@H]1C=CC=C1P. The number of carbonyl (C=O) groups is 1. The lowest BCUT2D eigenvalue weighted by atomic mass is 10.2. The molecule has 0 saturated heterocycles. The van der Waals surface area contributed by atoms with Gasteiger partial charge >= 0.3 is 5.97 Å².